The third-order valence-electron chi connectivity index (χ3n) is 6.77. The van der Waals surface area contributed by atoms with E-state index in [0.717, 1.165) is 42.1 Å². The van der Waals surface area contributed by atoms with Gasteiger partial charge in [-0.15, -0.1) is 0 Å². The Balaban J connectivity index is 1.26. The average Bonchev–Trinajstić information content (AvgIpc) is 3.36. The molecule has 1 aliphatic rings. The van der Waals surface area contributed by atoms with Gasteiger partial charge in [0.15, 0.2) is 0 Å². The van der Waals surface area contributed by atoms with Crippen molar-refractivity contribution in [3.05, 3.63) is 77.1 Å². The highest BCUT2D eigenvalue weighted by Gasteiger charge is 2.31. The lowest BCUT2D eigenvalue weighted by atomic mass is 9.70. The first-order valence-corrected chi connectivity index (χ1v) is 11.4. The molecule has 1 saturated carbocycles. The molecule has 1 fully saturated rings. The van der Waals surface area contributed by atoms with Gasteiger partial charge >= 0.3 is 0 Å². The Hall–Kier alpha value is -3.55. The highest BCUT2D eigenvalue weighted by Crippen LogP contribution is 2.42. The summed E-state index contributed by atoms with van der Waals surface area (Å²) in [7, 11) is 0. The zero-order valence-corrected chi connectivity index (χ0v) is 18.7. The van der Waals surface area contributed by atoms with Crippen molar-refractivity contribution in [3.63, 3.8) is 0 Å². The van der Waals surface area contributed by atoms with E-state index in [1.165, 1.54) is 24.5 Å². The first kappa shape index (κ1) is 22.3. The number of halogens is 3. The number of aromatic amines is 2. The summed E-state index contributed by atoms with van der Waals surface area (Å²) in [5.74, 6) is -0.932. The molecule has 5 nitrogen and oxygen atoms in total. The molecule has 8 heteroatoms. The van der Waals surface area contributed by atoms with Crippen molar-refractivity contribution in [2.45, 2.75) is 32.6 Å². The number of hydrogen-bond acceptors (Lipinski definition) is 2. The van der Waals surface area contributed by atoms with Crippen molar-refractivity contribution >= 4 is 16.8 Å². The molecule has 1 aliphatic carbocycles. The van der Waals surface area contributed by atoms with Crippen LogP contribution in [0.4, 0.5) is 13.2 Å². The minimum atomic E-state index is -0.640. The van der Waals surface area contributed by atoms with Gasteiger partial charge in [-0.05, 0) is 85.9 Å². The van der Waals surface area contributed by atoms with Crippen molar-refractivity contribution in [3.8, 4) is 11.3 Å². The summed E-state index contributed by atoms with van der Waals surface area (Å²) in [5.41, 5.74) is 3.71. The summed E-state index contributed by atoms with van der Waals surface area (Å²) in [4.78, 5) is 22.2. The van der Waals surface area contributed by atoms with Crippen LogP contribution in [-0.2, 0) is 6.42 Å². The lowest BCUT2D eigenvalue weighted by Gasteiger charge is -2.35. The maximum atomic E-state index is 14.5. The van der Waals surface area contributed by atoms with Crippen LogP contribution >= 0.6 is 0 Å². The van der Waals surface area contributed by atoms with Crippen molar-refractivity contribution < 1.29 is 18.0 Å². The van der Waals surface area contributed by atoms with Crippen LogP contribution < -0.4 is 5.32 Å². The molecule has 0 atom stereocenters. The van der Waals surface area contributed by atoms with Crippen molar-refractivity contribution in [2.24, 2.45) is 11.8 Å². The maximum Gasteiger partial charge on any atom is 0.271 e. The van der Waals surface area contributed by atoms with Gasteiger partial charge in [-0.2, -0.15) is 0 Å². The monoisotopic (exact) mass is 466 g/mol. The van der Waals surface area contributed by atoms with E-state index in [-0.39, 0.29) is 17.2 Å². The van der Waals surface area contributed by atoms with Crippen LogP contribution in [0.25, 0.3) is 22.2 Å². The first-order valence-electron chi connectivity index (χ1n) is 11.4. The van der Waals surface area contributed by atoms with E-state index in [2.05, 4.69) is 20.3 Å². The molecule has 2 aromatic heterocycles. The molecular formula is C26H25F3N4O. The van der Waals surface area contributed by atoms with Gasteiger partial charge in [0.25, 0.3) is 5.91 Å². The van der Waals surface area contributed by atoms with Gasteiger partial charge in [0.05, 0.1) is 11.8 Å². The molecule has 0 spiro atoms. The van der Waals surface area contributed by atoms with Crippen LogP contribution in [0.3, 0.4) is 0 Å². The van der Waals surface area contributed by atoms with E-state index in [1.807, 2.05) is 0 Å². The number of amides is 1. The van der Waals surface area contributed by atoms with E-state index in [4.69, 9.17) is 0 Å². The Labute approximate surface area is 194 Å². The van der Waals surface area contributed by atoms with Crippen LogP contribution in [0.1, 0.15) is 41.0 Å². The molecule has 3 N–H and O–H groups in total. The SMILES string of the molecule is Cc1[nH]cnc1C(=O)NCCC1CC(Cc2c(-c3ccc(F)cc3)[nH]c3c(F)cc(F)cc23)C1. The lowest BCUT2D eigenvalue weighted by molar-refractivity contribution is 0.0939. The second kappa shape index (κ2) is 9.00. The molecular weight excluding hydrogens is 441 g/mol. The number of rotatable bonds is 7. The van der Waals surface area contributed by atoms with Gasteiger partial charge in [0, 0.05) is 29.4 Å². The zero-order chi connectivity index (χ0) is 23.8. The summed E-state index contributed by atoms with van der Waals surface area (Å²) in [6, 6.07) is 8.24. The van der Waals surface area contributed by atoms with E-state index in [0.29, 0.717) is 41.6 Å². The van der Waals surface area contributed by atoms with Gasteiger partial charge in [0.1, 0.15) is 23.1 Å². The number of nitrogens with one attached hydrogen (secondary N) is 3. The standard InChI is InChI=1S/C26H25F3N4O/c1-14-23(32-13-31-14)26(34)30-7-6-15-8-16(9-15)10-20-21-11-19(28)12-22(29)25(21)33-24(20)17-2-4-18(27)5-3-17/h2-5,11-13,15-16,33H,6-10H2,1H3,(H,30,34)(H,31,32). The summed E-state index contributed by atoms with van der Waals surface area (Å²) in [5, 5.41) is 3.45. The van der Waals surface area contributed by atoms with E-state index < -0.39 is 11.6 Å². The van der Waals surface area contributed by atoms with Crippen LogP contribution in [0.5, 0.6) is 0 Å². The molecule has 0 aliphatic heterocycles. The predicted molar refractivity (Wildman–Crippen MR) is 124 cm³/mol. The number of benzene rings is 2. The molecule has 2 heterocycles. The van der Waals surface area contributed by atoms with Crippen LogP contribution in [0, 0.1) is 36.2 Å². The van der Waals surface area contributed by atoms with Gasteiger partial charge < -0.3 is 15.3 Å². The third kappa shape index (κ3) is 4.32. The van der Waals surface area contributed by atoms with Gasteiger partial charge in [0.2, 0.25) is 0 Å². The zero-order valence-electron chi connectivity index (χ0n) is 18.7. The second-order valence-corrected chi connectivity index (χ2v) is 9.12. The number of nitrogens with zero attached hydrogens (tertiary/aromatic N) is 1. The first-order chi connectivity index (χ1) is 16.4. The highest BCUT2D eigenvalue weighted by molar-refractivity contribution is 5.93. The number of hydrogen-bond donors (Lipinski definition) is 3. The molecule has 1 amide bonds. The fourth-order valence-electron chi connectivity index (χ4n) is 4.97. The Kier molecular flexibility index (Phi) is 5.89. The van der Waals surface area contributed by atoms with Crippen LogP contribution in [0.2, 0.25) is 0 Å². The summed E-state index contributed by atoms with van der Waals surface area (Å²) < 4.78 is 41.9. The van der Waals surface area contributed by atoms with Gasteiger partial charge in [-0.1, -0.05) is 0 Å². The van der Waals surface area contributed by atoms with E-state index in [1.54, 1.807) is 19.1 Å². The normalized spacial score (nSPS) is 17.6. The Morgan fingerprint density at radius 2 is 1.85 bits per heavy atom. The molecule has 4 aromatic rings. The number of aromatic nitrogens is 3. The summed E-state index contributed by atoms with van der Waals surface area (Å²) in [6.07, 6.45) is 5.00. The number of imidazole rings is 1. The predicted octanol–water partition coefficient (Wildman–Crippen LogP) is 5.67. The highest BCUT2D eigenvalue weighted by atomic mass is 19.1. The second-order valence-electron chi connectivity index (χ2n) is 9.12. The number of carbonyl (C=O) groups excluding carboxylic acids is 1. The smallest absolute Gasteiger partial charge is 0.271 e. The van der Waals surface area contributed by atoms with Gasteiger partial charge in [-0.25, -0.2) is 18.2 Å². The topological polar surface area (TPSA) is 73.6 Å². The van der Waals surface area contributed by atoms with Crippen LogP contribution in [0.15, 0.2) is 42.7 Å². The number of H-pyrrole nitrogens is 2. The molecule has 2 aromatic carbocycles. The van der Waals surface area contributed by atoms with Crippen LogP contribution in [-0.4, -0.2) is 27.4 Å². The Morgan fingerprint density at radius 3 is 2.56 bits per heavy atom. The number of aryl methyl sites for hydroxylation is 1. The molecule has 0 saturated heterocycles. The molecule has 0 radical (unpaired) electrons. The van der Waals surface area contributed by atoms with E-state index in [9.17, 15) is 18.0 Å². The maximum absolute atomic E-state index is 14.5. The van der Waals surface area contributed by atoms with Crippen molar-refractivity contribution in [1.82, 2.24) is 20.3 Å². The minimum absolute atomic E-state index is 0.179. The van der Waals surface area contributed by atoms with Crippen molar-refractivity contribution in [1.29, 1.82) is 0 Å². The number of carbonyl (C=O) groups is 1. The fraction of sp³-hybridized carbons (Fsp3) is 0.308. The largest absolute Gasteiger partial charge is 0.352 e. The molecule has 0 bridgehead atoms. The summed E-state index contributed by atoms with van der Waals surface area (Å²) in [6.45, 7) is 2.38. The quantitative estimate of drug-likeness (QED) is 0.328. The minimum Gasteiger partial charge on any atom is -0.352 e. The molecule has 176 valence electrons. The van der Waals surface area contributed by atoms with E-state index >= 15 is 0 Å². The number of fused-ring (bicyclic) bond motifs is 1. The molecule has 5 rings (SSSR count). The van der Waals surface area contributed by atoms with Crippen molar-refractivity contribution in [2.75, 3.05) is 6.54 Å². The Morgan fingerprint density at radius 1 is 1.09 bits per heavy atom. The third-order valence-corrected chi connectivity index (χ3v) is 6.77. The molecule has 0 unspecified atom stereocenters. The lowest BCUT2D eigenvalue weighted by Crippen LogP contribution is -2.31. The van der Waals surface area contributed by atoms with Gasteiger partial charge in [-0.3, -0.25) is 4.79 Å². The fourth-order valence-corrected chi connectivity index (χ4v) is 4.97. The summed E-state index contributed by atoms with van der Waals surface area (Å²) >= 11 is 0. The average molecular weight is 467 g/mol. The molecule has 34 heavy (non-hydrogen) atoms. The Bertz CT molecular complexity index is 1340.